The zero-order valence-electron chi connectivity index (χ0n) is 10.6. The predicted octanol–water partition coefficient (Wildman–Crippen LogP) is 2.01. The average Bonchev–Trinajstić information content (AvgIpc) is 3.12. The van der Waals surface area contributed by atoms with E-state index < -0.39 is 11.6 Å². The summed E-state index contributed by atoms with van der Waals surface area (Å²) in [6, 6.07) is 3.58. The van der Waals surface area contributed by atoms with E-state index in [4.69, 9.17) is 19.3 Å². The molecule has 0 unspecified atom stereocenters. The molecule has 0 heterocycles. The lowest BCUT2D eigenvalue weighted by atomic mass is 10.2. The van der Waals surface area contributed by atoms with E-state index in [1.165, 1.54) is 14.2 Å². The number of carboxylic acids is 1. The van der Waals surface area contributed by atoms with Crippen molar-refractivity contribution in [2.24, 2.45) is 0 Å². The van der Waals surface area contributed by atoms with Crippen LogP contribution in [-0.2, 0) is 4.79 Å². The molecule has 0 atom stereocenters. The number of aryl methyl sites for hydroxylation is 1. The van der Waals surface area contributed by atoms with E-state index in [2.05, 4.69) is 0 Å². The molecule has 0 amide bonds. The van der Waals surface area contributed by atoms with Gasteiger partial charge in [0, 0.05) is 12.8 Å². The fourth-order valence-corrected chi connectivity index (χ4v) is 1.79. The molecule has 0 aromatic heterocycles. The van der Waals surface area contributed by atoms with Gasteiger partial charge in [-0.3, -0.25) is 0 Å². The van der Waals surface area contributed by atoms with Crippen LogP contribution in [0.1, 0.15) is 18.4 Å². The van der Waals surface area contributed by atoms with E-state index >= 15 is 0 Å². The molecule has 0 saturated heterocycles. The predicted molar refractivity (Wildman–Crippen MR) is 64.5 cm³/mol. The maximum Gasteiger partial charge on any atom is 0.348 e. The van der Waals surface area contributed by atoms with Crippen LogP contribution in [0.4, 0.5) is 0 Å². The molecule has 1 aromatic rings. The normalized spacial score (nSPS) is 15.9. The number of methoxy groups -OCH3 is 2. The Morgan fingerprint density at radius 2 is 1.89 bits per heavy atom. The Kier molecular flexibility index (Phi) is 3.07. The zero-order valence-corrected chi connectivity index (χ0v) is 10.6. The summed E-state index contributed by atoms with van der Waals surface area (Å²) >= 11 is 0. The first kappa shape index (κ1) is 12.5. The van der Waals surface area contributed by atoms with Gasteiger partial charge in [0.05, 0.1) is 14.2 Å². The Morgan fingerprint density at radius 3 is 2.33 bits per heavy atom. The largest absolute Gasteiger partial charge is 0.493 e. The van der Waals surface area contributed by atoms with Gasteiger partial charge in [0.25, 0.3) is 0 Å². The number of rotatable bonds is 5. The van der Waals surface area contributed by atoms with E-state index in [1.807, 2.05) is 13.0 Å². The van der Waals surface area contributed by atoms with Crippen LogP contribution in [0.25, 0.3) is 0 Å². The highest BCUT2D eigenvalue weighted by Gasteiger charge is 2.54. The minimum Gasteiger partial charge on any atom is -0.493 e. The lowest BCUT2D eigenvalue weighted by Crippen LogP contribution is -2.29. The van der Waals surface area contributed by atoms with Crippen LogP contribution >= 0.6 is 0 Å². The third-order valence-electron chi connectivity index (χ3n) is 3.09. The molecule has 0 bridgehead atoms. The molecule has 1 N–H and O–H groups in total. The number of benzene rings is 1. The summed E-state index contributed by atoms with van der Waals surface area (Å²) in [6.45, 7) is 1.84. The topological polar surface area (TPSA) is 65.0 Å². The minimum absolute atomic E-state index is 0.435. The van der Waals surface area contributed by atoms with Crippen molar-refractivity contribution in [2.75, 3.05) is 14.2 Å². The number of hydrogen-bond acceptors (Lipinski definition) is 4. The molecular weight excluding hydrogens is 236 g/mol. The smallest absolute Gasteiger partial charge is 0.348 e. The number of carbonyl (C=O) groups is 1. The monoisotopic (exact) mass is 252 g/mol. The van der Waals surface area contributed by atoms with Gasteiger partial charge in [0.2, 0.25) is 11.4 Å². The van der Waals surface area contributed by atoms with Gasteiger partial charge in [-0.25, -0.2) is 4.79 Å². The van der Waals surface area contributed by atoms with Crippen molar-refractivity contribution < 1.29 is 24.1 Å². The second-order valence-corrected chi connectivity index (χ2v) is 4.35. The Balaban J connectivity index is 2.40. The zero-order chi connectivity index (χ0) is 13.3. The molecule has 18 heavy (non-hydrogen) atoms. The summed E-state index contributed by atoms with van der Waals surface area (Å²) in [6.07, 6.45) is 1.03. The van der Waals surface area contributed by atoms with Crippen molar-refractivity contribution in [3.63, 3.8) is 0 Å². The molecule has 5 heteroatoms. The Labute approximate surface area is 105 Å². The molecular formula is C13H16O5. The first-order valence-corrected chi connectivity index (χ1v) is 5.68. The molecule has 1 fully saturated rings. The Morgan fingerprint density at radius 1 is 1.22 bits per heavy atom. The van der Waals surface area contributed by atoms with E-state index in [9.17, 15) is 4.79 Å². The van der Waals surface area contributed by atoms with Crippen LogP contribution < -0.4 is 14.2 Å². The van der Waals surface area contributed by atoms with Gasteiger partial charge in [0.1, 0.15) is 0 Å². The number of ether oxygens (including phenoxy) is 3. The average molecular weight is 252 g/mol. The van der Waals surface area contributed by atoms with Gasteiger partial charge in [0.15, 0.2) is 11.5 Å². The Bertz CT molecular complexity index is 477. The van der Waals surface area contributed by atoms with Crippen LogP contribution in [0.3, 0.4) is 0 Å². The highest BCUT2D eigenvalue weighted by atomic mass is 16.6. The van der Waals surface area contributed by atoms with Gasteiger partial charge in [-0.05, 0) is 18.6 Å². The van der Waals surface area contributed by atoms with Gasteiger partial charge in [-0.15, -0.1) is 0 Å². The van der Waals surface area contributed by atoms with Gasteiger partial charge < -0.3 is 19.3 Å². The second-order valence-electron chi connectivity index (χ2n) is 4.35. The van der Waals surface area contributed by atoms with Gasteiger partial charge in [-0.1, -0.05) is 6.07 Å². The SMILES string of the molecule is COc1ccc(C)c(OC2(C(=O)O)CC2)c1OC. The van der Waals surface area contributed by atoms with E-state index in [1.54, 1.807) is 6.07 Å². The summed E-state index contributed by atoms with van der Waals surface area (Å²) in [5.41, 5.74) is -0.273. The standard InChI is InChI=1S/C13H16O5/c1-8-4-5-9(16-2)11(17-3)10(8)18-13(6-7-13)12(14)15/h4-5H,6-7H2,1-3H3,(H,14,15). The molecule has 1 saturated carbocycles. The maximum atomic E-state index is 11.2. The lowest BCUT2D eigenvalue weighted by Gasteiger charge is -2.19. The van der Waals surface area contributed by atoms with Crippen LogP contribution in [0.2, 0.25) is 0 Å². The van der Waals surface area contributed by atoms with Crippen molar-refractivity contribution in [1.29, 1.82) is 0 Å². The molecule has 0 spiro atoms. The fraction of sp³-hybridized carbons (Fsp3) is 0.462. The number of aliphatic carboxylic acids is 1. The third kappa shape index (κ3) is 1.96. The van der Waals surface area contributed by atoms with Crippen LogP contribution in [-0.4, -0.2) is 30.9 Å². The summed E-state index contributed by atoms with van der Waals surface area (Å²) < 4.78 is 16.1. The maximum absolute atomic E-state index is 11.2. The van der Waals surface area contributed by atoms with Gasteiger partial charge >= 0.3 is 5.97 Å². The molecule has 0 aliphatic heterocycles. The summed E-state index contributed by atoms with van der Waals surface area (Å²) in [5, 5.41) is 9.15. The fourth-order valence-electron chi connectivity index (χ4n) is 1.79. The highest BCUT2D eigenvalue weighted by Crippen LogP contribution is 2.47. The molecule has 5 nitrogen and oxygen atoms in total. The Hall–Kier alpha value is -1.91. The lowest BCUT2D eigenvalue weighted by molar-refractivity contribution is -0.147. The number of hydrogen-bond donors (Lipinski definition) is 1. The number of carboxylic acid groups (broad SMARTS) is 1. The quantitative estimate of drug-likeness (QED) is 0.868. The van der Waals surface area contributed by atoms with Crippen LogP contribution in [0.15, 0.2) is 12.1 Å². The van der Waals surface area contributed by atoms with Crippen molar-refractivity contribution in [1.82, 2.24) is 0 Å². The first-order valence-electron chi connectivity index (χ1n) is 5.68. The van der Waals surface area contributed by atoms with Crippen molar-refractivity contribution in [2.45, 2.75) is 25.4 Å². The highest BCUT2D eigenvalue weighted by molar-refractivity contribution is 5.81. The van der Waals surface area contributed by atoms with Crippen molar-refractivity contribution in [3.8, 4) is 17.2 Å². The first-order chi connectivity index (χ1) is 8.54. The summed E-state index contributed by atoms with van der Waals surface area (Å²) in [7, 11) is 3.03. The molecule has 1 aliphatic carbocycles. The van der Waals surface area contributed by atoms with E-state index in [0.29, 0.717) is 30.1 Å². The van der Waals surface area contributed by atoms with Crippen LogP contribution in [0, 0.1) is 6.92 Å². The minimum atomic E-state index is -1.09. The summed E-state index contributed by atoms with van der Waals surface area (Å²) in [5.74, 6) is 0.466. The van der Waals surface area contributed by atoms with Crippen molar-refractivity contribution in [3.05, 3.63) is 17.7 Å². The van der Waals surface area contributed by atoms with Crippen LogP contribution in [0.5, 0.6) is 17.2 Å². The van der Waals surface area contributed by atoms with Gasteiger partial charge in [-0.2, -0.15) is 0 Å². The van der Waals surface area contributed by atoms with Crippen molar-refractivity contribution >= 4 is 5.97 Å². The molecule has 1 aliphatic rings. The third-order valence-corrected chi connectivity index (χ3v) is 3.09. The summed E-state index contributed by atoms with van der Waals surface area (Å²) in [4.78, 5) is 11.2. The van der Waals surface area contributed by atoms with E-state index in [-0.39, 0.29) is 0 Å². The molecule has 98 valence electrons. The second kappa shape index (κ2) is 4.40. The molecule has 2 rings (SSSR count). The molecule has 1 aromatic carbocycles. The van der Waals surface area contributed by atoms with E-state index in [0.717, 1.165) is 5.56 Å². The molecule has 0 radical (unpaired) electrons.